The van der Waals surface area contributed by atoms with Gasteiger partial charge in [-0.1, -0.05) is 42.0 Å². The fraction of sp³-hybridized carbons (Fsp3) is 0.513. The molecule has 56 heavy (non-hydrogen) atoms. The van der Waals surface area contributed by atoms with Crippen molar-refractivity contribution in [3.8, 4) is 11.3 Å². The number of nitrogens with zero attached hydrogens (tertiary/aromatic N) is 5. The van der Waals surface area contributed by atoms with Crippen LogP contribution in [0.4, 0.5) is 25.8 Å². The topological polar surface area (TPSA) is 192 Å². The quantitative estimate of drug-likeness (QED) is 0.0910. The molecule has 17 heteroatoms. The van der Waals surface area contributed by atoms with Gasteiger partial charge in [0.2, 0.25) is 5.91 Å². The van der Waals surface area contributed by atoms with Gasteiger partial charge in [-0.3, -0.25) is 9.59 Å². The Morgan fingerprint density at radius 2 is 1.79 bits per heavy atom. The summed E-state index contributed by atoms with van der Waals surface area (Å²) in [5.74, 6) is 0.654. The molecule has 16 nitrogen and oxygen atoms in total. The second-order valence-electron chi connectivity index (χ2n) is 15.6. The molecule has 2 aromatic carbocycles. The summed E-state index contributed by atoms with van der Waals surface area (Å²) in [6.45, 7) is 7.36. The van der Waals surface area contributed by atoms with E-state index in [9.17, 15) is 24.0 Å². The van der Waals surface area contributed by atoms with Crippen molar-refractivity contribution in [1.29, 1.82) is 0 Å². The van der Waals surface area contributed by atoms with Gasteiger partial charge in [-0.25, -0.2) is 24.0 Å². The summed E-state index contributed by atoms with van der Waals surface area (Å²) in [5, 5.41) is 23.8. The van der Waals surface area contributed by atoms with Gasteiger partial charge in [0.05, 0.1) is 42.2 Å². The third kappa shape index (κ3) is 8.94. The predicted octanol–water partition coefficient (Wildman–Crippen LogP) is 4.09. The van der Waals surface area contributed by atoms with Crippen LogP contribution < -0.4 is 31.5 Å². The lowest BCUT2D eigenvalue weighted by molar-refractivity contribution is -0.124. The zero-order chi connectivity index (χ0) is 39.5. The van der Waals surface area contributed by atoms with Crippen LogP contribution in [0.2, 0.25) is 0 Å². The standard InChI is InChI=1S/C39H50N10O6S/c1-25(21-40-32(50)12-8-7-11-31-33-30(23-56-31)42-35(52)43-33)55-38(2,3)24-48-22-29(45-46-48)26-13-15-27(16-14-26)41-36(53)47-19-17-39(18-20-47)34(51)49(37(54)44-39)28-9-5-4-6-10-28/h4-6,9-10,13-16,22,25,30-31,33H,7-8,11-12,17-21,23-24H2,1-3H3,(H,40,50)(H,41,53)(H,44,54)(H2,42,43,52)/t25?,30-,31-,33-/m0/s1. The van der Waals surface area contributed by atoms with E-state index in [1.165, 1.54) is 4.90 Å². The van der Waals surface area contributed by atoms with E-state index in [4.69, 9.17) is 4.74 Å². The Kier molecular flexibility index (Phi) is 11.5. The molecular weight excluding hydrogens is 737 g/mol. The Morgan fingerprint density at radius 3 is 2.54 bits per heavy atom. The average Bonchev–Trinajstić information content (AvgIpc) is 3.93. The third-order valence-electron chi connectivity index (χ3n) is 10.8. The van der Waals surface area contributed by atoms with E-state index in [2.05, 4.69) is 36.9 Å². The molecule has 3 aromatic rings. The van der Waals surface area contributed by atoms with Gasteiger partial charge in [-0.15, -0.1) is 5.10 Å². The van der Waals surface area contributed by atoms with Crippen LogP contribution in [-0.2, 0) is 20.9 Å². The molecular formula is C39H50N10O6S. The zero-order valence-electron chi connectivity index (χ0n) is 32.0. The van der Waals surface area contributed by atoms with Gasteiger partial charge in [0.15, 0.2) is 0 Å². The van der Waals surface area contributed by atoms with E-state index in [0.717, 1.165) is 30.6 Å². The highest BCUT2D eigenvalue weighted by Gasteiger charge is 2.53. The van der Waals surface area contributed by atoms with Crippen LogP contribution in [0.1, 0.15) is 59.3 Å². The Labute approximate surface area is 330 Å². The largest absolute Gasteiger partial charge is 0.369 e. The number of likely N-dealkylation sites (tertiary alicyclic amines) is 1. The molecule has 8 amide bonds. The number of nitrogens with one attached hydrogen (secondary N) is 5. The lowest BCUT2D eigenvalue weighted by Crippen LogP contribution is -2.56. The number of unbranched alkanes of at least 4 members (excludes halogenated alkanes) is 1. The maximum Gasteiger partial charge on any atom is 0.329 e. The normalized spacial score (nSPS) is 22.1. The molecule has 298 valence electrons. The molecule has 7 rings (SSSR count). The first-order chi connectivity index (χ1) is 26.9. The number of amides is 8. The van der Waals surface area contributed by atoms with Crippen molar-refractivity contribution < 1.29 is 28.7 Å². The van der Waals surface area contributed by atoms with E-state index >= 15 is 0 Å². The van der Waals surface area contributed by atoms with E-state index < -0.39 is 17.2 Å². The van der Waals surface area contributed by atoms with Gasteiger partial charge in [-0.2, -0.15) is 11.8 Å². The van der Waals surface area contributed by atoms with Crippen molar-refractivity contribution in [3.05, 3.63) is 60.8 Å². The van der Waals surface area contributed by atoms with Gasteiger partial charge in [-0.05, 0) is 70.7 Å². The van der Waals surface area contributed by atoms with Crippen molar-refractivity contribution in [3.63, 3.8) is 0 Å². The maximum absolute atomic E-state index is 13.3. The Bertz CT molecular complexity index is 1920. The first-order valence-corrected chi connectivity index (χ1v) is 20.3. The number of fused-ring (bicyclic) bond motifs is 1. The first-order valence-electron chi connectivity index (χ1n) is 19.3. The van der Waals surface area contributed by atoms with Crippen molar-refractivity contribution in [2.45, 2.75) is 100 Å². The van der Waals surface area contributed by atoms with Crippen LogP contribution in [-0.4, -0.2) is 110 Å². The molecule has 4 aliphatic heterocycles. The van der Waals surface area contributed by atoms with Crippen molar-refractivity contribution in [2.24, 2.45) is 0 Å². The lowest BCUT2D eigenvalue weighted by Gasteiger charge is -2.37. The van der Waals surface area contributed by atoms with Crippen molar-refractivity contribution >= 4 is 53.0 Å². The van der Waals surface area contributed by atoms with Crippen molar-refractivity contribution in [1.82, 2.24) is 41.2 Å². The molecule has 0 saturated carbocycles. The highest BCUT2D eigenvalue weighted by Crippen LogP contribution is 2.34. The molecule has 1 spiro atoms. The van der Waals surface area contributed by atoms with E-state index in [-0.39, 0.29) is 42.1 Å². The predicted molar refractivity (Wildman–Crippen MR) is 212 cm³/mol. The monoisotopic (exact) mass is 786 g/mol. The van der Waals surface area contributed by atoms with Gasteiger partial charge in [0.1, 0.15) is 11.2 Å². The SMILES string of the molecule is CC(CNC(=O)CCCC[C@@H]1SC[C@@H]2NC(=O)N[C@@H]21)OC(C)(C)Cn1cc(-c2ccc(NC(=O)N3CCC4(CC3)NC(=O)N(c3ccccc3)C4=O)cc2)nn1. The molecule has 4 atom stereocenters. The molecule has 0 radical (unpaired) electrons. The molecule has 0 aliphatic carbocycles. The summed E-state index contributed by atoms with van der Waals surface area (Å²) in [4.78, 5) is 66.1. The first kappa shape index (κ1) is 39.1. The van der Waals surface area contributed by atoms with Gasteiger partial charge in [0, 0.05) is 48.3 Å². The highest BCUT2D eigenvalue weighted by atomic mass is 32.2. The average molecular weight is 787 g/mol. The third-order valence-corrected chi connectivity index (χ3v) is 12.3. The summed E-state index contributed by atoms with van der Waals surface area (Å²) in [6.07, 6.45) is 5.46. The molecule has 0 bridgehead atoms. The number of carbonyl (C=O) groups excluding carboxylic acids is 5. The number of ether oxygens (including phenoxy) is 1. The number of aromatic nitrogens is 3. The minimum atomic E-state index is -1.02. The van der Waals surface area contributed by atoms with E-state index in [1.54, 1.807) is 46.0 Å². The van der Waals surface area contributed by atoms with Crippen LogP contribution >= 0.6 is 11.8 Å². The van der Waals surface area contributed by atoms with Gasteiger partial charge >= 0.3 is 18.1 Å². The summed E-state index contributed by atoms with van der Waals surface area (Å²) in [6, 6.07) is 15.8. The Morgan fingerprint density at radius 1 is 1.04 bits per heavy atom. The number of hydrogen-bond acceptors (Lipinski definition) is 9. The second-order valence-corrected chi connectivity index (χ2v) is 16.9. The fourth-order valence-corrected chi connectivity index (χ4v) is 9.47. The van der Waals surface area contributed by atoms with Crippen LogP contribution in [0.25, 0.3) is 11.3 Å². The molecule has 1 unspecified atom stereocenters. The van der Waals surface area contributed by atoms with Crippen molar-refractivity contribution in [2.75, 3.05) is 35.6 Å². The number of rotatable bonds is 14. The van der Waals surface area contributed by atoms with Crippen LogP contribution in [0.3, 0.4) is 0 Å². The number of para-hydroxylation sites is 1. The molecule has 4 fully saturated rings. The Hall–Kier alpha value is -5.16. The van der Waals surface area contributed by atoms with E-state index in [1.807, 2.05) is 56.9 Å². The fourth-order valence-electron chi connectivity index (χ4n) is 7.93. The van der Waals surface area contributed by atoms with Crippen LogP contribution in [0.15, 0.2) is 60.8 Å². The number of imide groups is 1. The molecule has 5 heterocycles. The Balaban J connectivity index is 0.810. The molecule has 4 saturated heterocycles. The van der Waals surface area contributed by atoms with Gasteiger partial charge in [0.25, 0.3) is 5.91 Å². The molecule has 1 aromatic heterocycles. The summed E-state index contributed by atoms with van der Waals surface area (Å²) >= 11 is 1.89. The minimum absolute atomic E-state index is 0.00575. The highest BCUT2D eigenvalue weighted by molar-refractivity contribution is 8.00. The number of hydrogen-bond donors (Lipinski definition) is 5. The number of anilines is 2. The molecule has 5 N–H and O–H groups in total. The second kappa shape index (κ2) is 16.5. The summed E-state index contributed by atoms with van der Waals surface area (Å²) in [5.41, 5.74) is 1.03. The van der Waals surface area contributed by atoms with Gasteiger partial charge < -0.3 is 36.2 Å². The number of carbonyl (C=O) groups is 5. The number of benzene rings is 2. The summed E-state index contributed by atoms with van der Waals surface area (Å²) in [7, 11) is 0. The number of piperidine rings is 1. The lowest BCUT2D eigenvalue weighted by atomic mass is 9.87. The zero-order valence-corrected chi connectivity index (χ0v) is 32.8. The number of thioether (sulfide) groups is 1. The summed E-state index contributed by atoms with van der Waals surface area (Å²) < 4.78 is 8.01. The number of urea groups is 3. The molecule has 4 aliphatic rings. The van der Waals surface area contributed by atoms with Crippen LogP contribution in [0, 0.1) is 0 Å². The van der Waals surface area contributed by atoms with Crippen LogP contribution in [0.5, 0.6) is 0 Å². The van der Waals surface area contributed by atoms with E-state index in [0.29, 0.717) is 67.8 Å². The smallest absolute Gasteiger partial charge is 0.329 e. The maximum atomic E-state index is 13.3. The minimum Gasteiger partial charge on any atom is -0.369 e.